The lowest BCUT2D eigenvalue weighted by Gasteiger charge is -2.38. The van der Waals surface area contributed by atoms with Crippen molar-refractivity contribution in [3.8, 4) is 11.4 Å². The number of imidazole rings is 1. The van der Waals surface area contributed by atoms with Crippen molar-refractivity contribution in [3.05, 3.63) is 42.2 Å². The van der Waals surface area contributed by atoms with E-state index in [4.69, 9.17) is 4.74 Å². The summed E-state index contributed by atoms with van der Waals surface area (Å²) in [7, 11) is 0. The summed E-state index contributed by atoms with van der Waals surface area (Å²) in [5, 5.41) is 0. The van der Waals surface area contributed by atoms with Crippen LogP contribution in [0.5, 0.6) is 0 Å². The highest BCUT2D eigenvalue weighted by atomic mass is 16.6. The molecule has 1 aliphatic rings. The number of ether oxygens (including phenoxy) is 1. The molecule has 0 aliphatic carbocycles. The molecule has 1 N–H and O–H groups in total. The van der Waals surface area contributed by atoms with Crippen LogP contribution in [0.25, 0.3) is 22.4 Å². The van der Waals surface area contributed by atoms with Gasteiger partial charge in [-0.15, -0.1) is 0 Å². The number of carbonyl (C=O) groups excluding carboxylic acids is 1. The second-order valence-electron chi connectivity index (χ2n) is 6.33. The number of fused-ring (bicyclic) bond motifs is 2. The van der Waals surface area contributed by atoms with Crippen LogP contribution in [-0.2, 0) is 10.3 Å². The Bertz CT molecular complexity index is 931. The van der Waals surface area contributed by atoms with Gasteiger partial charge in [-0.1, -0.05) is 0 Å². The smallest absolute Gasteiger partial charge is 0.415 e. The van der Waals surface area contributed by atoms with Crippen LogP contribution in [0, 0.1) is 0 Å². The normalized spacial score (nSPS) is 16.1. The van der Waals surface area contributed by atoms with Crippen molar-refractivity contribution < 1.29 is 9.53 Å². The van der Waals surface area contributed by atoms with Crippen molar-refractivity contribution in [2.45, 2.75) is 26.4 Å². The number of H-pyrrole nitrogens is 1. The quantitative estimate of drug-likeness (QED) is 0.778. The zero-order valence-corrected chi connectivity index (χ0v) is 13.8. The number of hydrogen-bond acceptors (Lipinski definition) is 4. The molecule has 0 atom stereocenters. The van der Waals surface area contributed by atoms with Gasteiger partial charge >= 0.3 is 6.09 Å². The molecule has 1 amide bonds. The number of hydrogen-bond donors (Lipinski definition) is 1. The lowest BCUT2D eigenvalue weighted by atomic mass is 9.93. The summed E-state index contributed by atoms with van der Waals surface area (Å²) in [6.45, 7) is 6.29. The van der Waals surface area contributed by atoms with Gasteiger partial charge in [0.05, 0.1) is 16.7 Å². The fourth-order valence-corrected chi connectivity index (χ4v) is 3.12. The van der Waals surface area contributed by atoms with Gasteiger partial charge in [0.25, 0.3) is 0 Å². The molecule has 0 saturated carbocycles. The standard InChI is InChI=1S/C18H18N4O2/c1-4-22-15-10-14-13(9-12(15)18(2,3)24-17(22)23)20-16(21-14)11-5-7-19-8-6-11/h5-10H,4H2,1-3H3,(H,20,21). The van der Waals surface area contributed by atoms with E-state index in [1.54, 1.807) is 17.3 Å². The number of nitrogens with one attached hydrogen (secondary N) is 1. The van der Waals surface area contributed by atoms with Crippen LogP contribution in [0.3, 0.4) is 0 Å². The topological polar surface area (TPSA) is 71.1 Å². The van der Waals surface area contributed by atoms with Gasteiger partial charge in [-0.25, -0.2) is 9.78 Å². The molecule has 1 aliphatic heterocycles. The highest BCUT2D eigenvalue weighted by molar-refractivity contribution is 5.95. The van der Waals surface area contributed by atoms with E-state index in [1.165, 1.54) is 0 Å². The van der Waals surface area contributed by atoms with E-state index in [9.17, 15) is 4.79 Å². The second kappa shape index (κ2) is 5.06. The summed E-state index contributed by atoms with van der Waals surface area (Å²) in [4.78, 5) is 25.9. The van der Waals surface area contributed by atoms with E-state index in [2.05, 4.69) is 15.0 Å². The van der Waals surface area contributed by atoms with E-state index in [-0.39, 0.29) is 6.09 Å². The van der Waals surface area contributed by atoms with Crippen molar-refractivity contribution in [1.82, 2.24) is 15.0 Å². The number of aromatic nitrogens is 3. The van der Waals surface area contributed by atoms with Crippen LogP contribution in [0.15, 0.2) is 36.7 Å². The van der Waals surface area contributed by atoms with Gasteiger partial charge in [0, 0.05) is 30.1 Å². The molecule has 3 aromatic rings. The van der Waals surface area contributed by atoms with Gasteiger partial charge in [-0.3, -0.25) is 9.88 Å². The maximum atomic E-state index is 12.2. The summed E-state index contributed by atoms with van der Waals surface area (Å²) in [6, 6.07) is 7.80. The molecule has 0 bridgehead atoms. The van der Waals surface area contributed by atoms with Crippen molar-refractivity contribution in [1.29, 1.82) is 0 Å². The number of amides is 1. The SMILES string of the molecule is CCN1C(=O)OC(C)(C)c2cc3[nH]c(-c4ccncc4)nc3cc21. The van der Waals surface area contributed by atoms with Gasteiger partial charge in [0.15, 0.2) is 0 Å². The molecule has 0 fully saturated rings. The molecule has 0 unspecified atom stereocenters. The first-order valence-corrected chi connectivity index (χ1v) is 7.95. The second-order valence-corrected chi connectivity index (χ2v) is 6.33. The highest BCUT2D eigenvalue weighted by Crippen LogP contribution is 2.40. The third-order valence-electron chi connectivity index (χ3n) is 4.37. The Labute approximate surface area is 139 Å². The number of pyridine rings is 1. The Morgan fingerprint density at radius 1 is 1.25 bits per heavy atom. The molecule has 6 heteroatoms. The van der Waals surface area contributed by atoms with Crippen LogP contribution < -0.4 is 4.90 Å². The van der Waals surface area contributed by atoms with Crippen LogP contribution >= 0.6 is 0 Å². The molecule has 0 radical (unpaired) electrons. The van der Waals surface area contributed by atoms with Crippen molar-refractivity contribution >= 4 is 22.8 Å². The lowest BCUT2D eigenvalue weighted by molar-refractivity contribution is 0.0354. The zero-order chi connectivity index (χ0) is 16.9. The maximum Gasteiger partial charge on any atom is 0.415 e. The molecular weight excluding hydrogens is 304 g/mol. The molecule has 0 spiro atoms. The largest absolute Gasteiger partial charge is 0.438 e. The maximum absolute atomic E-state index is 12.2. The van der Waals surface area contributed by atoms with E-state index < -0.39 is 5.60 Å². The third-order valence-corrected chi connectivity index (χ3v) is 4.37. The van der Waals surface area contributed by atoms with E-state index in [1.807, 2.05) is 45.0 Å². The van der Waals surface area contributed by atoms with Crippen LogP contribution in [-0.4, -0.2) is 27.6 Å². The minimum Gasteiger partial charge on any atom is -0.438 e. The fraction of sp³-hybridized carbons (Fsp3) is 0.278. The molecule has 1 aromatic carbocycles. The summed E-state index contributed by atoms with van der Waals surface area (Å²) in [6.07, 6.45) is 3.16. The number of carbonyl (C=O) groups is 1. The minimum absolute atomic E-state index is 0.320. The molecule has 122 valence electrons. The first-order chi connectivity index (χ1) is 11.5. The van der Waals surface area contributed by atoms with Gasteiger partial charge in [-0.2, -0.15) is 0 Å². The Balaban J connectivity index is 1.92. The monoisotopic (exact) mass is 322 g/mol. The molecule has 6 nitrogen and oxygen atoms in total. The van der Waals surface area contributed by atoms with Gasteiger partial charge in [0.1, 0.15) is 11.4 Å². The average Bonchev–Trinajstić information content (AvgIpc) is 2.97. The van der Waals surface area contributed by atoms with E-state index in [0.29, 0.717) is 6.54 Å². The predicted octanol–water partition coefficient (Wildman–Crippen LogP) is 3.84. The van der Waals surface area contributed by atoms with Crippen LogP contribution in [0.2, 0.25) is 0 Å². The molecule has 24 heavy (non-hydrogen) atoms. The Kier molecular flexibility index (Phi) is 3.09. The van der Waals surface area contributed by atoms with Gasteiger partial charge in [-0.05, 0) is 45.0 Å². The molecule has 3 heterocycles. The third kappa shape index (κ3) is 2.14. The van der Waals surface area contributed by atoms with Crippen molar-refractivity contribution in [2.75, 3.05) is 11.4 Å². The number of benzene rings is 1. The summed E-state index contributed by atoms with van der Waals surface area (Å²) in [5.41, 5.74) is 3.87. The molecule has 4 rings (SSSR count). The molecule has 2 aromatic heterocycles. The zero-order valence-electron chi connectivity index (χ0n) is 13.8. The van der Waals surface area contributed by atoms with Crippen molar-refractivity contribution in [3.63, 3.8) is 0 Å². The van der Waals surface area contributed by atoms with Gasteiger partial charge < -0.3 is 9.72 Å². The number of anilines is 1. The molecular formula is C18H18N4O2. The molecule has 0 saturated heterocycles. The average molecular weight is 322 g/mol. The Morgan fingerprint density at radius 3 is 2.71 bits per heavy atom. The first kappa shape index (κ1) is 14.7. The summed E-state index contributed by atoms with van der Waals surface area (Å²) in [5.74, 6) is 0.780. The number of aromatic amines is 1. The van der Waals surface area contributed by atoms with Gasteiger partial charge in [0.2, 0.25) is 0 Å². The lowest BCUT2D eigenvalue weighted by Crippen LogP contribution is -2.43. The van der Waals surface area contributed by atoms with Crippen LogP contribution in [0.4, 0.5) is 10.5 Å². The first-order valence-electron chi connectivity index (χ1n) is 7.95. The fourth-order valence-electron chi connectivity index (χ4n) is 3.12. The number of nitrogens with zero attached hydrogens (tertiary/aromatic N) is 3. The predicted molar refractivity (Wildman–Crippen MR) is 91.9 cm³/mol. The minimum atomic E-state index is -0.672. The number of cyclic esters (lactones) is 1. The summed E-state index contributed by atoms with van der Waals surface area (Å²) < 4.78 is 5.59. The van der Waals surface area contributed by atoms with Crippen LogP contribution in [0.1, 0.15) is 26.3 Å². The highest BCUT2D eigenvalue weighted by Gasteiger charge is 2.38. The van der Waals surface area contributed by atoms with Crippen molar-refractivity contribution in [2.24, 2.45) is 0 Å². The Morgan fingerprint density at radius 2 is 2.00 bits per heavy atom. The number of rotatable bonds is 2. The van der Waals surface area contributed by atoms with E-state index in [0.717, 1.165) is 33.7 Å². The van der Waals surface area contributed by atoms with E-state index >= 15 is 0 Å². The summed E-state index contributed by atoms with van der Waals surface area (Å²) >= 11 is 0. The Hall–Kier alpha value is -2.89.